The molecule has 0 atom stereocenters. The maximum atomic E-state index is 6.56. The van der Waals surface area contributed by atoms with Crippen LogP contribution in [0.3, 0.4) is 0 Å². The van der Waals surface area contributed by atoms with Gasteiger partial charge in [0.1, 0.15) is 52.9 Å². The fraction of sp³-hybridized carbons (Fsp3) is 0.444. The second kappa shape index (κ2) is 32.5. The highest BCUT2D eigenvalue weighted by molar-refractivity contribution is 6.42. The Morgan fingerprint density at radius 1 is 0.141 bits per heavy atom. The average molecular weight is 1270 g/mol. The van der Waals surface area contributed by atoms with E-state index in [-0.39, 0.29) is 52.9 Å². The molecule has 2 aliphatic rings. The van der Waals surface area contributed by atoms with E-state index in [9.17, 15) is 0 Å². The maximum Gasteiger partial charge on any atom is 0.161 e. The van der Waals surface area contributed by atoms with Gasteiger partial charge in [0.2, 0.25) is 0 Å². The van der Waals surface area contributed by atoms with Crippen molar-refractivity contribution in [3.63, 3.8) is 0 Å². The fourth-order valence-corrected chi connectivity index (χ4v) is 12.2. The van der Waals surface area contributed by atoms with E-state index in [2.05, 4.69) is 97.1 Å². The van der Waals surface area contributed by atoms with Gasteiger partial charge in [-0.2, -0.15) is 0 Å². The van der Waals surface area contributed by atoms with E-state index in [1.807, 2.05) is 0 Å². The van der Waals surface area contributed by atoms with Gasteiger partial charge in [-0.1, -0.05) is 48.5 Å². The number of ether oxygens (including phenoxy) is 20. The van der Waals surface area contributed by atoms with Gasteiger partial charge in [0, 0.05) is 0 Å². The number of rotatable bonds is 0. The second-order valence-electron chi connectivity index (χ2n) is 22.1. The lowest BCUT2D eigenvalue weighted by molar-refractivity contribution is 0.00251. The van der Waals surface area contributed by atoms with Crippen LogP contribution in [0.2, 0.25) is 0 Å². The molecule has 0 radical (unpaired) electrons. The minimum Gasteiger partial charge on any atom is -0.487 e. The highest BCUT2D eigenvalue weighted by Gasteiger charge is 2.25. The molecule has 0 aliphatic carbocycles. The molecule has 0 aromatic heterocycles. The van der Waals surface area contributed by atoms with Crippen molar-refractivity contribution in [2.24, 2.45) is 0 Å². The van der Waals surface area contributed by atoms with Crippen LogP contribution < -0.4 is 37.9 Å². The van der Waals surface area contributed by atoms with E-state index in [1.54, 1.807) is 0 Å². The Labute approximate surface area is 533 Å². The normalized spacial score (nSPS) is 19.0. The van der Waals surface area contributed by atoms with Gasteiger partial charge in [0.05, 0.1) is 159 Å². The van der Waals surface area contributed by atoms with Crippen LogP contribution in [0, 0.1) is 0 Å². The van der Waals surface area contributed by atoms with Gasteiger partial charge in [0.15, 0.2) is 46.0 Å². The summed E-state index contributed by atoms with van der Waals surface area (Å²) in [5.41, 5.74) is 0. The lowest BCUT2D eigenvalue weighted by atomic mass is 9.85. The Hall–Kier alpha value is -7.28. The van der Waals surface area contributed by atoms with Crippen molar-refractivity contribution in [2.45, 2.75) is 0 Å². The summed E-state index contributed by atoms with van der Waals surface area (Å²) in [6.07, 6.45) is 0. The molecule has 20 nitrogen and oxygen atoms in total. The Bertz CT molecular complexity index is 3290. The molecule has 2 aliphatic heterocycles. The minimum atomic E-state index is 0.268. The molecule has 0 saturated heterocycles. The zero-order chi connectivity index (χ0) is 61.9. The molecule has 92 heavy (non-hydrogen) atoms. The molecule has 0 saturated carbocycles. The first-order valence-corrected chi connectivity index (χ1v) is 32.1. The predicted octanol–water partition coefficient (Wildman–Crippen LogP) is 10.8. The summed E-state index contributed by atoms with van der Waals surface area (Å²) in [5.74, 6) is 4.65. The van der Waals surface area contributed by atoms with E-state index >= 15 is 0 Å². The van der Waals surface area contributed by atoms with Crippen molar-refractivity contribution >= 4 is 86.2 Å². The standard InChI is InChI=1S/C72H80O20/c1-2-6-50-49(5-1)69-53-41-61-63-43-55(53)70(50)56-44-64-62(42-54(56)69)86-34-26-78-18-10-74-14-22-82-30-38-90-66-46-58-60(48-68(66)92-40-32-84-24-16-76-12-20-80-28-36-88-64)72-52-8-4-3-7-51(52)71(58)57-45-65(89-37-29-81-21-13-73-9-17-77-25-33-85-61)67(47-59(57)72)91-39-31-83-23-15-75-11-19-79-27-35-87-63/h1-8,41-48H,9-40H2. The van der Waals surface area contributed by atoms with Gasteiger partial charge >= 0.3 is 0 Å². The largest absolute Gasteiger partial charge is 0.487 e. The fourth-order valence-electron chi connectivity index (χ4n) is 12.2. The Morgan fingerprint density at radius 2 is 0.261 bits per heavy atom. The van der Waals surface area contributed by atoms with Crippen molar-refractivity contribution in [1.29, 1.82) is 0 Å². The molecule has 12 aromatic carbocycles. The van der Waals surface area contributed by atoms with Gasteiger partial charge in [0.25, 0.3) is 0 Å². The van der Waals surface area contributed by atoms with Crippen LogP contribution in [0.25, 0.3) is 86.2 Å². The SMILES string of the molecule is c1ccc2c(c1)c1c3cc4c5cc3c2c2cc3c(cc21)OCCOCCOCCOCCOc1cc2c(cc1OCCOCCOCCOCCO3)c1c3ccccc3c2c2cc(c(cc21)OCCOCCOCCOCCO5)OCCOCCOCCOCCO4. The molecular formula is C72H80O20. The highest BCUT2D eigenvalue weighted by atomic mass is 16.6. The average Bonchev–Trinajstić information content (AvgIpc) is 0.709. The molecule has 14 rings (SSSR count). The van der Waals surface area contributed by atoms with Crippen LogP contribution in [0.15, 0.2) is 97.1 Å². The summed E-state index contributed by atoms with van der Waals surface area (Å²) in [4.78, 5) is 0. The van der Waals surface area contributed by atoms with Crippen LogP contribution in [0.1, 0.15) is 0 Å². The third kappa shape index (κ3) is 15.2. The summed E-state index contributed by atoms with van der Waals surface area (Å²) in [6.45, 7) is 10.7. The molecule has 0 N–H and O–H groups in total. The monoisotopic (exact) mass is 1260 g/mol. The van der Waals surface area contributed by atoms with Crippen LogP contribution in [0.4, 0.5) is 0 Å². The molecule has 12 aromatic rings. The van der Waals surface area contributed by atoms with Gasteiger partial charge in [-0.05, 0) is 135 Å². The topological polar surface area (TPSA) is 185 Å². The van der Waals surface area contributed by atoms with E-state index in [4.69, 9.17) is 94.7 Å². The first-order chi connectivity index (χ1) is 45.8. The van der Waals surface area contributed by atoms with Gasteiger partial charge in [-0.15, -0.1) is 0 Å². The summed E-state index contributed by atoms with van der Waals surface area (Å²) in [5, 5.41) is 16.6. The second-order valence-corrected chi connectivity index (χ2v) is 22.1. The smallest absolute Gasteiger partial charge is 0.161 e. The van der Waals surface area contributed by atoms with E-state index in [0.29, 0.717) is 205 Å². The predicted molar refractivity (Wildman–Crippen MR) is 349 cm³/mol. The Balaban J connectivity index is 0.838. The lowest BCUT2D eigenvalue weighted by Gasteiger charge is -2.22. The molecule has 0 spiro atoms. The van der Waals surface area contributed by atoms with Crippen molar-refractivity contribution < 1.29 is 94.7 Å². The maximum absolute atomic E-state index is 6.56. The Kier molecular flexibility index (Phi) is 22.4. The van der Waals surface area contributed by atoms with Crippen LogP contribution in [-0.4, -0.2) is 211 Å². The molecule has 488 valence electrons. The number of fused-ring (bicyclic) bond motifs is 4. The first kappa shape index (κ1) is 63.5. The van der Waals surface area contributed by atoms with Gasteiger partial charge in [-0.3, -0.25) is 0 Å². The van der Waals surface area contributed by atoms with Crippen molar-refractivity contribution in [1.82, 2.24) is 0 Å². The lowest BCUT2D eigenvalue weighted by Crippen LogP contribution is -2.16. The van der Waals surface area contributed by atoms with Crippen molar-refractivity contribution in [3.8, 4) is 46.0 Å². The zero-order valence-electron chi connectivity index (χ0n) is 52.0. The first-order valence-electron chi connectivity index (χ1n) is 32.1. The highest BCUT2D eigenvalue weighted by Crippen LogP contribution is 2.52. The van der Waals surface area contributed by atoms with Crippen LogP contribution in [-0.2, 0) is 56.8 Å². The third-order valence-electron chi connectivity index (χ3n) is 16.3. The van der Waals surface area contributed by atoms with E-state index in [0.717, 1.165) is 86.2 Å². The number of hydrogen-bond acceptors (Lipinski definition) is 20. The summed E-state index contributed by atoms with van der Waals surface area (Å²) >= 11 is 0. The van der Waals surface area contributed by atoms with E-state index in [1.165, 1.54) is 0 Å². The molecule has 0 fully saturated rings. The van der Waals surface area contributed by atoms with Gasteiger partial charge < -0.3 is 94.7 Å². The summed E-state index contributed by atoms with van der Waals surface area (Å²) < 4.78 is 124. The molecule has 4 bridgehead atoms. The van der Waals surface area contributed by atoms with E-state index < -0.39 is 0 Å². The quantitative estimate of drug-likeness (QED) is 0.130. The van der Waals surface area contributed by atoms with Crippen molar-refractivity contribution in [2.75, 3.05) is 211 Å². The molecule has 0 unspecified atom stereocenters. The Morgan fingerprint density at radius 3 is 0.391 bits per heavy atom. The third-order valence-corrected chi connectivity index (χ3v) is 16.3. The zero-order valence-corrected chi connectivity index (χ0v) is 52.0. The van der Waals surface area contributed by atoms with Crippen LogP contribution >= 0.6 is 0 Å². The summed E-state index contributed by atoms with van der Waals surface area (Å²) in [7, 11) is 0. The molecular weight excluding hydrogens is 1180 g/mol. The minimum absolute atomic E-state index is 0.268. The van der Waals surface area contributed by atoms with Crippen LogP contribution in [0.5, 0.6) is 46.0 Å². The number of benzene rings is 12. The number of hydrogen-bond donors (Lipinski definition) is 0. The van der Waals surface area contributed by atoms with Crippen molar-refractivity contribution in [3.05, 3.63) is 97.1 Å². The molecule has 2 heterocycles. The molecule has 20 heteroatoms. The summed E-state index contributed by atoms with van der Waals surface area (Å²) in [6, 6.07) is 33.5. The van der Waals surface area contributed by atoms with Gasteiger partial charge in [-0.25, -0.2) is 0 Å². The molecule has 0 amide bonds.